The van der Waals surface area contributed by atoms with Gasteiger partial charge in [-0.2, -0.15) is 5.10 Å². The Morgan fingerprint density at radius 2 is 1.68 bits per heavy atom. The van der Waals surface area contributed by atoms with Crippen LogP contribution in [0.5, 0.6) is 11.5 Å². The number of aromatic amines is 1. The highest BCUT2D eigenvalue weighted by Crippen LogP contribution is 2.29. The van der Waals surface area contributed by atoms with Crippen LogP contribution in [0.25, 0.3) is 22.8 Å². The second kappa shape index (κ2) is 5.77. The van der Waals surface area contributed by atoms with Gasteiger partial charge in [-0.05, 0) is 24.3 Å². The lowest BCUT2D eigenvalue weighted by Gasteiger charge is -2.06. The lowest BCUT2D eigenvalue weighted by Crippen LogP contribution is -1.90. The molecule has 3 N–H and O–H groups in total. The van der Waals surface area contributed by atoms with Crippen LogP contribution >= 0.6 is 0 Å². The summed E-state index contributed by atoms with van der Waals surface area (Å²) in [5, 5.41) is 7.18. The summed E-state index contributed by atoms with van der Waals surface area (Å²) in [4.78, 5) is 4.51. The molecule has 22 heavy (non-hydrogen) atoms. The first-order valence-corrected chi connectivity index (χ1v) is 6.71. The van der Waals surface area contributed by atoms with Gasteiger partial charge in [0.25, 0.3) is 0 Å². The summed E-state index contributed by atoms with van der Waals surface area (Å²) in [6.45, 7) is 0. The zero-order chi connectivity index (χ0) is 15.5. The second-order valence-corrected chi connectivity index (χ2v) is 4.73. The third kappa shape index (κ3) is 2.71. The second-order valence-electron chi connectivity index (χ2n) is 4.73. The van der Waals surface area contributed by atoms with Crippen LogP contribution in [-0.4, -0.2) is 29.4 Å². The molecule has 0 amide bonds. The lowest BCUT2D eigenvalue weighted by atomic mass is 10.2. The van der Waals surface area contributed by atoms with E-state index in [2.05, 4.69) is 15.2 Å². The van der Waals surface area contributed by atoms with E-state index in [9.17, 15) is 0 Å². The fourth-order valence-electron chi connectivity index (χ4n) is 2.14. The van der Waals surface area contributed by atoms with Gasteiger partial charge in [0.1, 0.15) is 11.5 Å². The van der Waals surface area contributed by atoms with Gasteiger partial charge in [-0.3, -0.25) is 5.10 Å². The largest absolute Gasteiger partial charge is 0.497 e. The molecule has 3 aromatic rings. The molecule has 0 radical (unpaired) electrons. The Morgan fingerprint density at radius 3 is 2.32 bits per heavy atom. The van der Waals surface area contributed by atoms with E-state index in [1.165, 1.54) is 0 Å². The molecule has 0 aliphatic rings. The van der Waals surface area contributed by atoms with Crippen LogP contribution in [0, 0.1) is 0 Å². The molecule has 6 heteroatoms. The number of hydrogen-bond donors (Lipinski definition) is 2. The Morgan fingerprint density at radius 1 is 0.955 bits per heavy atom. The zero-order valence-electron chi connectivity index (χ0n) is 12.3. The van der Waals surface area contributed by atoms with Crippen molar-refractivity contribution in [3.63, 3.8) is 0 Å². The predicted molar refractivity (Wildman–Crippen MR) is 84.8 cm³/mol. The summed E-state index contributed by atoms with van der Waals surface area (Å²) >= 11 is 0. The van der Waals surface area contributed by atoms with Crippen LogP contribution in [0.3, 0.4) is 0 Å². The third-order valence-corrected chi connectivity index (χ3v) is 3.26. The number of ether oxygens (including phenoxy) is 2. The quantitative estimate of drug-likeness (QED) is 0.723. The van der Waals surface area contributed by atoms with Crippen molar-refractivity contribution >= 4 is 5.69 Å². The number of nitrogens with zero attached hydrogens (tertiary/aromatic N) is 2. The molecule has 3 rings (SSSR count). The number of hydrogen-bond acceptors (Lipinski definition) is 5. The Balaban J connectivity index is 2.00. The van der Waals surface area contributed by atoms with Crippen molar-refractivity contribution in [1.29, 1.82) is 0 Å². The highest BCUT2D eigenvalue weighted by Gasteiger charge is 2.11. The third-order valence-electron chi connectivity index (χ3n) is 3.26. The van der Waals surface area contributed by atoms with E-state index >= 15 is 0 Å². The number of H-pyrrole nitrogens is 1. The molecule has 112 valence electrons. The molecular weight excluding hydrogens is 280 g/mol. The summed E-state index contributed by atoms with van der Waals surface area (Å²) < 4.78 is 10.5. The minimum atomic E-state index is 0.564. The molecule has 0 spiro atoms. The Bertz CT molecular complexity index is 776. The Labute approximate surface area is 127 Å². The van der Waals surface area contributed by atoms with Gasteiger partial charge in [-0.15, -0.1) is 0 Å². The lowest BCUT2D eigenvalue weighted by molar-refractivity contribution is 0.394. The van der Waals surface area contributed by atoms with Crippen LogP contribution in [0.2, 0.25) is 0 Å². The number of rotatable bonds is 4. The first-order valence-electron chi connectivity index (χ1n) is 6.71. The monoisotopic (exact) mass is 296 g/mol. The number of methoxy groups -OCH3 is 2. The summed E-state index contributed by atoms with van der Waals surface area (Å²) in [6.07, 6.45) is 0. The number of nitrogens with two attached hydrogens (primary N) is 1. The van der Waals surface area contributed by atoms with Crippen LogP contribution in [-0.2, 0) is 0 Å². The number of anilines is 1. The molecule has 0 bridgehead atoms. The smallest absolute Gasteiger partial charge is 0.181 e. The fraction of sp³-hybridized carbons (Fsp3) is 0.125. The van der Waals surface area contributed by atoms with E-state index in [-0.39, 0.29) is 0 Å². The highest BCUT2D eigenvalue weighted by atomic mass is 16.5. The van der Waals surface area contributed by atoms with E-state index in [0.717, 1.165) is 11.1 Å². The van der Waals surface area contributed by atoms with E-state index in [0.29, 0.717) is 28.8 Å². The van der Waals surface area contributed by atoms with Gasteiger partial charge in [0, 0.05) is 22.9 Å². The van der Waals surface area contributed by atoms with E-state index in [1.807, 2.05) is 36.4 Å². The van der Waals surface area contributed by atoms with Crippen molar-refractivity contribution in [2.24, 2.45) is 0 Å². The van der Waals surface area contributed by atoms with E-state index in [1.54, 1.807) is 20.3 Å². The highest BCUT2D eigenvalue weighted by molar-refractivity contribution is 5.66. The SMILES string of the molecule is COc1cc(OC)cc(-c2n[nH]c(-c3cccc(N)c3)n2)c1. The van der Waals surface area contributed by atoms with Gasteiger partial charge in [-0.1, -0.05) is 12.1 Å². The maximum atomic E-state index is 5.79. The fourth-order valence-corrected chi connectivity index (χ4v) is 2.14. The van der Waals surface area contributed by atoms with Crippen LogP contribution in [0.1, 0.15) is 0 Å². The minimum Gasteiger partial charge on any atom is -0.497 e. The van der Waals surface area contributed by atoms with Gasteiger partial charge in [-0.25, -0.2) is 4.98 Å². The molecule has 1 aromatic heterocycles. The number of nitrogens with one attached hydrogen (secondary N) is 1. The molecule has 0 unspecified atom stereocenters. The molecule has 0 fully saturated rings. The van der Waals surface area contributed by atoms with E-state index < -0.39 is 0 Å². The van der Waals surface area contributed by atoms with Crippen LogP contribution < -0.4 is 15.2 Å². The molecule has 0 aliphatic heterocycles. The number of benzene rings is 2. The summed E-state index contributed by atoms with van der Waals surface area (Å²) in [6, 6.07) is 13.0. The predicted octanol–water partition coefficient (Wildman–Crippen LogP) is 2.74. The van der Waals surface area contributed by atoms with E-state index in [4.69, 9.17) is 15.2 Å². The molecular formula is C16H16N4O2. The average Bonchev–Trinajstić information content (AvgIpc) is 3.04. The van der Waals surface area contributed by atoms with Crippen molar-refractivity contribution < 1.29 is 9.47 Å². The van der Waals surface area contributed by atoms with Crippen LogP contribution in [0.4, 0.5) is 5.69 Å². The standard InChI is InChI=1S/C16H16N4O2/c1-21-13-7-11(8-14(9-13)22-2)16-18-15(19-20-16)10-4-3-5-12(17)6-10/h3-9H,17H2,1-2H3,(H,18,19,20). The number of aromatic nitrogens is 3. The summed E-state index contributed by atoms with van der Waals surface area (Å²) in [5.74, 6) is 2.59. The van der Waals surface area contributed by atoms with Crippen molar-refractivity contribution in [3.05, 3.63) is 42.5 Å². The van der Waals surface area contributed by atoms with Gasteiger partial charge >= 0.3 is 0 Å². The maximum absolute atomic E-state index is 5.79. The Kier molecular flexibility index (Phi) is 3.65. The minimum absolute atomic E-state index is 0.564. The molecule has 6 nitrogen and oxygen atoms in total. The van der Waals surface area contributed by atoms with Gasteiger partial charge in [0.05, 0.1) is 14.2 Å². The van der Waals surface area contributed by atoms with Crippen molar-refractivity contribution in [1.82, 2.24) is 15.2 Å². The van der Waals surface area contributed by atoms with Crippen molar-refractivity contribution in [2.45, 2.75) is 0 Å². The topological polar surface area (TPSA) is 86.0 Å². The number of nitrogen functional groups attached to an aromatic ring is 1. The molecule has 0 aliphatic carbocycles. The van der Waals surface area contributed by atoms with Gasteiger partial charge < -0.3 is 15.2 Å². The Hall–Kier alpha value is -3.02. The summed E-state index contributed by atoms with van der Waals surface area (Å²) in [7, 11) is 3.21. The molecule has 1 heterocycles. The van der Waals surface area contributed by atoms with Gasteiger partial charge in [0.2, 0.25) is 0 Å². The zero-order valence-corrected chi connectivity index (χ0v) is 12.3. The molecule has 0 saturated carbocycles. The van der Waals surface area contributed by atoms with Crippen molar-refractivity contribution in [2.75, 3.05) is 20.0 Å². The molecule has 0 saturated heterocycles. The normalized spacial score (nSPS) is 10.5. The maximum Gasteiger partial charge on any atom is 0.181 e. The van der Waals surface area contributed by atoms with Gasteiger partial charge in [0.15, 0.2) is 11.6 Å². The first-order chi connectivity index (χ1) is 10.7. The van der Waals surface area contributed by atoms with Crippen LogP contribution in [0.15, 0.2) is 42.5 Å². The van der Waals surface area contributed by atoms with Crippen molar-refractivity contribution in [3.8, 4) is 34.3 Å². The average molecular weight is 296 g/mol. The molecule has 2 aromatic carbocycles. The molecule has 0 atom stereocenters. The first kappa shape index (κ1) is 13.9. The summed E-state index contributed by atoms with van der Waals surface area (Å²) in [5.41, 5.74) is 8.16.